The van der Waals surface area contributed by atoms with Crippen molar-refractivity contribution in [3.05, 3.63) is 78.5 Å². The molecule has 0 aliphatic heterocycles. The Morgan fingerprint density at radius 1 is 1.20 bits per heavy atom. The normalized spacial score (nSPS) is 14.0. The van der Waals surface area contributed by atoms with Crippen LogP contribution in [0, 0.1) is 6.92 Å². The number of halogens is 2. The first-order valence-electron chi connectivity index (χ1n) is 8.71. The average molecular weight is 461 g/mol. The van der Waals surface area contributed by atoms with E-state index >= 15 is 0 Å². The number of allylic oxidation sites excluding steroid dienone is 5. The Labute approximate surface area is 184 Å². The van der Waals surface area contributed by atoms with Gasteiger partial charge in [-0.2, -0.15) is 14.6 Å². The number of fused-ring (bicyclic) bond motifs is 1. The van der Waals surface area contributed by atoms with Gasteiger partial charge in [-0.15, -0.1) is 0 Å². The van der Waals surface area contributed by atoms with Crippen molar-refractivity contribution in [2.24, 2.45) is 0 Å². The number of hydrogen-bond donors (Lipinski definition) is 1. The van der Waals surface area contributed by atoms with E-state index in [1.54, 1.807) is 0 Å². The molecule has 0 unspecified atom stereocenters. The van der Waals surface area contributed by atoms with E-state index in [1.807, 2.05) is 31.2 Å². The Bertz CT molecular complexity index is 1310. The molecule has 1 aliphatic rings. The predicted octanol–water partition coefficient (Wildman–Crippen LogP) is 3.83. The third kappa shape index (κ3) is 3.89. The second-order valence-electron chi connectivity index (χ2n) is 6.42. The summed E-state index contributed by atoms with van der Waals surface area (Å²) in [7, 11) is 0. The highest BCUT2D eigenvalue weighted by Gasteiger charge is 2.19. The van der Waals surface area contributed by atoms with E-state index in [-0.39, 0.29) is 28.1 Å². The molecule has 30 heavy (non-hydrogen) atoms. The number of nitrogens with two attached hydrogens (primary N) is 1. The number of Topliss-reactive ketones (excluding diaryl/α,β-unsaturated/α-hetero) is 1. The first-order chi connectivity index (χ1) is 14.3. The smallest absolute Gasteiger partial charge is 0.283 e. The van der Waals surface area contributed by atoms with Gasteiger partial charge in [0.1, 0.15) is 18.2 Å². The minimum absolute atomic E-state index is 0.0502. The third-order valence-corrected chi connectivity index (χ3v) is 5.75. The van der Waals surface area contributed by atoms with Gasteiger partial charge >= 0.3 is 0 Å². The van der Waals surface area contributed by atoms with Gasteiger partial charge < -0.3 is 10.5 Å². The zero-order valence-corrected chi connectivity index (χ0v) is 17.9. The van der Waals surface area contributed by atoms with Gasteiger partial charge in [-0.3, -0.25) is 9.59 Å². The molecular formula is C20H14Cl2N4O3S. The minimum Gasteiger partial charge on any atom is -0.486 e. The summed E-state index contributed by atoms with van der Waals surface area (Å²) in [5, 5.41) is 4.92. The van der Waals surface area contributed by atoms with E-state index in [0.29, 0.717) is 15.5 Å². The quantitative estimate of drug-likeness (QED) is 0.634. The van der Waals surface area contributed by atoms with E-state index in [9.17, 15) is 9.59 Å². The van der Waals surface area contributed by atoms with E-state index in [2.05, 4.69) is 10.1 Å². The van der Waals surface area contributed by atoms with Gasteiger partial charge in [0.05, 0.1) is 15.6 Å². The van der Waals surface area contributed by atoms with Crippen LogP contribution in [0.25, 0.3) is 11.0 Å². The Kier molecular flexibility index (Phi) is 5.46. The van der Waals surface area contributed by atoms with Crippen molar-refractivity contribution in [1.29, 1.82) is 0 Å². The van der Waals surface area contributed by atoms with Crippen LogP contribution in [0.4, 0.5) is 5.82 Å². The Morgan fingerprint density at radius 3 is 2.60 bits per heavy atom. The summed E-state index contributed by atoms with van der Waals surface area (Å²) in [5.74, 6) is 0.380. The minimum atomic E-state index is -0.527. The monoisotopic (exact) mass is 460 g/mol. The highest BCUT2D eigenvalue weighted by atomic mass is 35.5. The molecule has 0 saturated carbocycles. The molecule has 1 aromatic carbocycles. The molecule has 0 saturated heterocycles. The lowest BCUT2D eigenvalue weighted by molar-refractivity contribution is -0.111. The number of nitrogen functional groups attached to an aromatic ring is 1. The highest BCUT2D eigenvalue weighted by Crippen LogP contribution is 2.26. The Morgan fingerprint density at radius 2 is 1.90 bits per heavy atom. The third-order valence-electron chi connectivity index (χ3n) is 4.31. The predicted molar refractivity (Wildman–Crippen MR) is 118 cm³/mol. The van der Waals surface area contributed by atoms with Crippen LogP contribution in [0.1, 0.15) is 16.1 Å². The SMILES string of the molecule is Cc1ccccc1OCc1nn2c(N)c(C=C3C=C(Cl)C(=O)C(Cl)=C3)c(=O)nc2s1. The largest absolute Gasteiger partial charge is 0.486 e. The summed E-state index contributed by atoms with van der Waals surface area (Å²) >= 11 is 13.0. The molecule has 3 aromatic rings. The maximum atomic E-state index is 12.5. The molecule has 0 radical (unpaired) electrons. The van der Waals surface area contributed by atoms with Gasteiger partial charge in [0.25, 0.3) is 5.56 Å². The summed E-state index contributed by atoms with van der Waals surface area (Å²) in [6.45, 7) is 2.16. The number of carbonyl (C=O) groups is 1. The van der Waals surface area contributed by atoms with Crippen LogP contribution in [0.5, 0.6) is 5.75 Å². The van der Waals surface area contributed by atoms with Crippen LogP contribution in [-0.4, -0.2) is 20.4 Å². The van der Waals surface area contributed by atoms with E-state index < -0.39 is 11.3 Å². The molecule has 0 bridgehead atoms. The first-order valence-corrected chi connectivity index (χ1v) is 10.3. The highest BCUT2D eigenvalue weighted by molar-refractivity contribution is 7.16. The molecule has 0 amide bonds. The van der Waals surface area contributed by atoms with E-state index in [4.69, 9.17) is 33.7 Å². The molecule has 7 nitrogen and oxygen atoms in total. The molecule has 0 atom stereocenters. The number of nitrogens with zero attached hydrogens (tertiary/aromatic N) is 3. The lowest BCUT2D eigenvalue weighted by Gasteiger charge is -2.07. The van der Waals surface area contributed by atoms with Crippen molar-refractivity contribution in [2.45, 2.75) is 13.5 Å². The molecule has 0 fully saturated rings. The summed E-state index contributed by atoms with van der Waals surface area (Å²) in [6.07, 6.45) is 4.29. The topological polar surface area (TPSA) is 99.6 Å². The number of hydrogen-bond acceptors (Lipinski definition) is 7. The molecule has 2 N–H and O–H groups in total. The number of ketones is 1. The van der Waals surface area contributed by atoms with Crippen LogP contribution >= 0.6 is 34.5 Å². The lowest BCUT2D eigenvalue weighted by Crippen LogP contribution is -2.17. The number of para-hydroxylation sites is 1. The van der Waals surface area contributed by atoms with Gasteiger partial charge in [-0.1, -0.05) is 52.7 Å². The molecule has 2 aromatic heterocycles. The zero-order valence-electron chi connectivity index (χ0n) is 15.6. The van der Waals surface area contributed by atoms with E-state index in [1.165, 1.54) is 34.1 Å². The molecule has 2 heterocycles. The van der Waals surface area contributed by atoms with Crippen molar-refractivity contribution < 1.29 is 9.53 Å². The van der Waals surface area contributed by atoms with Gasteiger partial charge in [0.2, 0.25) is 10.7 Å². The fraction of sp³-hybridized carbons (Fsp3) is 0.100. The number of rotatable bonds is 4. The number of ether oxygens (including phenoxy) is 1. The molecular weight excluding hydrogens is 447 g/mol. The van der Waals surface area contributed by atoms with Crippen LogP contribution in [0.2, 0.25) is 0 Å². The van der Waals surface area contributed by atoms with Crippen LogP contribution < -0.4 is 16.0 Å². The first kappa shape index (κ1) is 20.3. The summed E-state index contributed by atoms with van der Waals surface area (Å²) in [6, 6.07) is 7.64. The van der Waals surface area contributed by atoms with E-state index in [0.717, 1.165) is 11.3 Å². The molecule has 4 rings (SSSR count). The molecule has 0 spiro atoms. The summed E-state index contributed by atoms with van der Waals surface area (Å²) in [4.78, 5) is 28.6. The molecule has 10 heteroatoms. The average Bonchev–Trinajstić information content (AvgIpc) is 3.11. The van der Waals surface area contributed by atoms with Crippen LogP contribution in [-0.2, 0) is 11.4 Å². The van der Waals surface area contributed by atoms with Gasteiger partial charge in [0.15, 0.2) is 5.01 Å². The molecule has 1 aliphatic carbocycles. The van der Waals surface area contributed by atoms with Gasteiger partial charge in [-0.25, -0.2) is 0 Å². The fourth-order valence-corrected chi connectivity index (χ4v) is 4.11. The maximum absolute atomic E-state index is 12.5. The molecule has 152 valence electrons. The van der Waals surface area contributed by atoms with Crippen molar-refractivity contribution in [2.75, 3.05) is 5.73 Å². The lowest BCUT2D eigenvalue weighted by atomic mass is 10.1. The number of benzene rings is 1. The number of carbonyl (C=O) groups excluding carboxylic acids is 1. The summed E-state index contributed by atoms with van der Waals surface area (Å²) < 4.78 is 7.20. The Balaban J connectivity index is 1.69. The Hall–Kier alpha value is -2.94. The zero-order chi connectivity index (χ0) is 21.4. The second kappa shape index (κ2) is 8.06. The van der Waals surface area contributed by atoms with Crippen LogP contribution in [0.3, 0.4) is 0 Å². The van der Waals surface area contributed by atoms with Gasteiger partial charge in [-0.05, 0) is 42.4 Å². The standard InChI is InChI=1S/C20H14Cl2N4O3S/c1-10-4-2-3-5-15(10)29-9-16-25-26-18(23)12(19(28)24-20(26)30-16)6-11-7-13(21)17(27)14(22)8-11/h2-8H,9,23H2,1H3. The number of anilines is 1. The second-order valence-corrected chi connectivity index (χ2v) is 8.27. The number of aromatic nitrogens is 3. The van der Waals surface area contributed by atoms with Gasteiger partial charge in [0, 0.05) is 0 Å². The summed E-state index contributed by atoms with van der Waals surface area (Å²) in [5.41, 5.74) is 7.24. The maximum Gasteiger partial charge on any atom is 0.283 e. The van der Waals surface area contributed by atoms with Crippen molar-refractivity contribution in [3.8, 4) is 5.75 Å². The fourth-order valence-electron chi connectivity index (χ4n) is 2.80. The van der Waals surface area contributed by atoms with Crippen LogP contribution in [0.15, 0.2) is 56.8 Å². The number of aryl methyl sites for hydroxylation is 1. The van der Waals surface area contributed by atoms with Crippen molar-refractivity contribution in [1.82, 2.24) is 14.6 Å². The van der Waals surface area contributed by atoms with Crippen molar-refractivity contribution >= 4 is 57.2 Å². The van der Waals surface area contributed by atoms with Crippen molar-refractivity contribution in [3.63, 3.8) is 0 Å².